The number of aliphatic hydroxyl groups excluding tert-OH is 1. The van der Waals surface area contributed by atoms with Crippen LogP contribution in [0.5, 0.6) is 0 Å². The summed E-state index contributed by atoms with van der Waals surface area (Å²) in [5, 5.41) is 16.0. The monoisotopic (exact) mass is 345 g/mol. The number of nitrogens with one attached hydrogen (secondary N) is 2. The standard InChI is InChI=1S/C20H31N3O2/c1-13(2)14(3)23-11-15-7-6-9-17(16(15)12-23)21-20(25)22-18-8-4-5-10-19(18)24/h6-7,9,13-14,18-19,24H,4-5,8,10-12H2,1-3H3,(H2,21,22,25)/t14-,18-,19-/m0/s1. The second-order valence-electron chi connectivity index (χ2n) is 7.89. The van der Waals surface area contributed by atoms with Crippen molar-refractivity contribution in [3.63, 3.8) is 0 Å². The molecular formula is C20H31N3O2. The minimum atomic E-state index is -0.427. The Balaban J connectivity index is 1.65. The summed E-state index contributed by atoms with van der Waals surface area (Å²) in [6.45, 7) is 8.57. The first kappa shape index (κ1) is 18.2. The van der Waals surface area contributed by atoms with Gasteiger partial charge in [0.15, 0.2) is 0 Å². The van der Waals surface area contributed by atoms with Gasteiger partial charge in [-0.1, -0.05) is 38.8 Å². The second-order valence-corrected chi connectivity index (χ2v) is 7.89. The topological polar surface area (TPSA) is 64.6 Å². The van der Waals surface area contributed by atoms with Crippen LogP contribution in [0.15, 0.2) is 18.2 Å². The Morgan fingerprint density at radius 2 is 1.96 bits per heavy atom. The van der Waals surface area contributed by atoms with Crippen molar-refractivity contribution >= 4 is 11.7 Å². The van der Waals surface area contributed by atoms with Crippen LogP contribution in [0.2, 0.25) is 0 Å². The minimum absolute atomic E-state index is 0.136. The molecule has 0 radical (unpaired) electrons. The zero-order valence-electron chi connectivity index (χ0n) is 15.6. The van der Waals surface area contributed by atoms with E-state index in [1.807, 2.05) is 12.1 Å². The number of rotatable bonds is 4. The number of urea groups is 1. The van der Waals surface area contributed by atoms with Crippen molar-refractivity contribution in [2.45, 2.75) is 77.7 Å². The number of hydrogen-bond acceptors (Lipinski definition) is 3. The average Bonchev–Trinajstić information content (AvgIpc) is 3.01. The number of benzene rings is 1. The zero-order chi connectivity index (χ0) is 18.0. The van der Waals surface area contributed by atoms with Gasteiger partial charge in [-0.15, -0.1) is 0 Å². The van der Waals surface area contributed by atoms with Gasteiger partial charge in [0.05, 0.1) is 12.1 Å². The Hall–Kier alpha value is -1.59. The molecule has 0 spiro atoms. The van der Waals surface area contributed by atoms with Gasteiger partial charge < -0.3 is 15.7 Å². The van der Waals surface area contributed by atoms with Crippen LogP contribution in [0, 0.1) is 5.92 Å². The molecule has 1 heterocycles. The quantitative estimate of drug-likeness (QED) is 0.783. The van der Waals surface area contributed by atoms with Gasteiger partial charge in [-0.25, -0.2) is 4.79 Å². The third-order valence-corrected chi connectivity index (χ3v) is 5.84. The van der Waals surface area contributed by atoms with Crippen LogP contribution < -0.4 is 10.6 Å². The fraction of sp³-hybridized carbons (Fsp3) is 0.650. The number of hydrogen-bond donors (Lipinski definition) is 3. The van der Waals surface area contributed by atoms with E-state index in [0.717, 1.165) is 44.5 Å². The molecule has 1 aromatic rings. The van der Waals surface area contributed by atoms with Crippen LogP contribution in [-0.2, 0) is 13.1 Å². The van der Waals surface area contributed by atoms with Crippen molar-refractivity contribution in [1.29, 1.82) is 0 Å². The van der Waals surface area contributed by atoms with E-state index >= 15 is 0 Å². The van der Waals surface area contributed by atoms with E-state index < -0.39 is 6.10 Å². The molecule has 2 aliphatic rings. The maximum absolute atomic E-state index is 12.4. The number of carbonyl (C=O) groups excluding carboxylic acids is 1. The Morgan fingerprint density at radius 1 is 1.20 bits per heavy atom. The van der Waals surface area contributed by atoms with E-state index in [-0.39, 0.29) is 12.1 Å². The number of amides is 2. The molecule has 25 heavy (non-hydrogen) atoms. The summed E-state index contributed by atoms with van der Waals surface area (Å²) >= 11 is 0. The van der Waals surface area contributed by atoms with Gasteiger partial charge in [-0.2, -0.15) is 0 Å². The molecule has 0 unspecified atom stereocenters. The molecule has 3 N–H and O–H groups in total. The highest BCUT2D eigenvalue weighted by Gasteiger charge is 2.28. The third kappa shape index (κ3) is 4.15. The Bertz CT molecular complexity index is 617. The molecule has 1 saturated carbocycles. The first-order valence-electron chi connectivity index (χ1n) is 9.56. The molecule has 2 amide bonds. The molecule has 0 bridgehead atoms. The van der Waals surface area contributed by atoms with E-state index in [0.29, 0.717) is 12.0 Å². The van der Waals surface area contributed by atoms with E-state index in [9.17, 15) is 9.90 Å². The second kappa shape index (κ2) is 7.75. The van der Waals surface area contributed by atoms with E-state index in [4.69, 9.17) is 0 Å². The predicted molar refractivity (Wildman–Crippen MR) is 100 cm³/mol. The van der Waals surface area contributed by atoms with Crippen LogP contribution in [0.25, 0.3) is 0 Å². The van der Waals surface area contributed by atoms with Gasteiger partial charge in [0.2, 0.25) is 0 Å². The van der Waals surface area contributed by atoms with Gasteiger partial charge in [-0.3, -0.25) is 4.90 Å². The van der Waals surface area contributed by atoms with Crippen LogP contribution in [0.1, 0.15) is 57.6 Å². The summed E-state index contributed by atoms with van der Waals surface area (Å²) in [7, 11) is 0. The molecule has 0 aromatic heterocycles. The molecule has 0 saturated heterocycles. The van der Waals surface area contributed by atoms with Crippen LogP contribution >= 0.6 is 0 Å². The molecule has 1 aliphatic heterocycles. The molecule has 5 nitrogen and oxygen atoms in total. The highest BCUT2D eigenvalue weighted by atomic mass is 16.3. The molecule has 138 valence electrons. The molecule has 1 fully saturated rings. The van der Waals surface area contributed by atoms with Crippen LogP contribution in [0.3, 0.4) is 0 Å². The van der Waals surface area contributed by atoms with Crippen molar-refractivity contribution in [1.82, 2.24) is 10.2 Å². The smallest absolute Gasteiger partial charge is 0.319 e. The number of aliphatic hydroxyl groups is 1. The SMILES string of the molecule is CC(C)[C@H](C)N1Cc2cccc(NC(=O)N[C@H]3CCCC[C@@H]3O)c2C1. The van der Waals surface area contributed by atoms with E-state index in [1.165, 1.54) is 11.1 Å². The van der Waals surface area contributed by atoms with Crippen molar-refractivity contribution in [2.75, 3.05) is 5.32 Å². The van der Waals surface area contributed by atoms with Crippen LogP contribution in [-0.4, -0.2) is 34.2 Å². The summed E-state index contributed by atoms with van der Waals surface area (Å²) in [4.78, 5) is 14.9. The van der Waals surface area contributed by atoms with E-state index in [2.05, 4.69) is 42.4 Å². The predicted octanol–water partition coefficient (Wildman–Crippen LogP) is 3.47. The van der Waals surface area contributed by atoms with Crippen molar-refractivity contribution in [3.8, 4) is 0 Å². The molecule has 1 aromatic carbocycles. The summed E-state index contributed by atoms with van der Waals surface area (Å²) < 4.78 is 0. The molecule has 5 heteroatoms. The fourth-order valence-corrected chi connectivity index (χ4v) is 3.88. The molecule has 1 aliphatic carbocycles. The Morgan fingerprint density at radius 3 is 2.68 bits per heavy atom. The third-order valence-electron chi connectivity index (χ3n) is 5.84. The lowest BCUT2D eigenvalue weighted by Crippen LogP contribution is -2.46. The Kier molecular flexibility index (Phi) is 5.64. The van der Waals surface area contributed by atoms with Gasteiger partial charge >= 0.3 is 6.03 Å². The maximum atomic E-state index is 12.4. The van der Waals surface area contributed by atoms with Gasteiger partial charge in [-0.05, 0) is 42.9 Å². The van der Waals surface area contributed by atoms with Crippen molar-refractivity contribution in [2.24, 2.45) is 5.92 Å². The lowest BCUT2D eigenvalue weighted by Gasteiger charge is -2.28. The van der Waals surface area contributed by atoms with Crippen molar-refractivity contribution < 1.29 is 9.90 Å². The fourth-order valence-electron chi connectivity index (χ4n) is 3.88. The molecule has 3 atom stereocenters. The number of anilines is 1. The number of fused-ring (bicyclic) bond motifs is 1. The summed E-state index contributed by atoms with van der Waals surface area (Å²) in [5.74, 6) is 0.599. The van der Waals surface area contributed by atoms with Crippen LogP contribution in [0.4, 0.5) is 10.5 Å². The lowest BCUT2D eigenvalue weighted by atomic mass is 9.93. The van der Waals surface area contributed by atoms with E-state index in [1.54, 1.807) is 0 Å². The number of carbonyl (C=O) groups is 1. The van der Waals surface area contributed by atoms with Gasteiger partial charge in [0.1, 0.15) is 0 Å². The summed E-state index contributed by atoms with van der Waals surface area (Å²) in [6.07, 6.45) is 3.29. The lowest BCUT2D eigenvalue weighted by molar-refractivity contribution is 0.0955. The summed E-state index contributed by atoms with van der Waals surface area (Å²) in [5.41, 5.74) is 3.40. The maximum Gasteiger partial charge on any atom is 0.319 e. The normalized spacial score (nSPS) is 24.8. The first-order valence-corrected chi connectivity index (χ1v) is 9.56. The summed E-state index contributed by atoms with van der Waals surface area (Å²) in [6, 6.07) is 6.28. The first-order chi connectivity index (χ1) is 12.0. The van der Waals surface area contributed by atoms with Crippen molar-refractivity contribution in [3.05, 3.63) is 29.3 Å². The zero-order valence-corrected chi connectivity index (χ0v) is 15.6. The molecule has 3 rings (SSSR count). The van der Waals surface area contributed by atoms with Gasteiger partial charge in [0.25, 0.3) is 0 Å². The minimum Gasteiger partial charge on any atom is -0.391 e. The number of nitrogens with zero attached hydrogens (tertiary/aromatic N) is 1. The highest BCUT2D eigenvalue weighted by molar-refractivity contribution is 5.90. The Labute approximate surface area is 150 Å². The largest absolute Gasteiger partial charge is 0.391 e. The van der Waals surface area contributed by atoms with Gasteiger partial charge in [0, 0.05) is 24.8 Å². The average molecular weight is 345 g/mol. The molecular weight excluding hydrogens is 314 g/mol. The highest BCUT2D eigenvalue weighted by Crippen LogP contribution is 2.32.